The lowest BCUT2D eigenvalue weighted by molar-refractivity contribution is -0.137. The molecule has 0 spiro atoms. The van der Waals surface area contributed by atoms with Crippen LogP contribution in [0.15, 0.2) is 22.7 Å². The average Bonchev–Trinajstić information content (AvgIpc) is 3.37. The van der Waals surface area contributed by atoms with E-state index in [-0.39, 0.29) is 54.6 Å². The lowest BCUT2D eigenvalue weighted by atomic mass is 9.88. The average molecular weight is 656 g/mol. The molecule has 0 unspecified atom stereocenters. The van der Waals surface area contributed by atoms with Gasteiger partial charge >= 0.3 is 6.03 Å². The monoisotopic (exact) mass is 655 g/mol. The molecule has 47 heavy (non-hydrogen) atoms. The molecule has 260 valence electrons. The molecule has 12 nitrogen and oxygen atoms in total. The van der Waals surface area contributed by atoms with Gasteiger partial charge in [-0.25, -0.2) is 4.79 Å². The van der Waals surface area contributed by atoms with Gasteiger partial charge in [-0.2, -0.15) is 0 Å². The first-order chi connectivity index (χ1) is 22.5. The summed E-state index contributed by atoms with van der Waals surface area (Å²) in [7, 11) is 1.85. The third-order valence-electron chi connectivity index (χ3n) is 9.37. The van der Waals surface area contributed by atoms with E-state index < -0.39 is 12.1 Å². The quantitative estimate of drug-likeness (QED) is 0.341. The standard InChI is InChI=1S/C35H53N5O7/c1-22-19-40(23(2)21-41)34(43)29-18-28(36-35(44)37-32-25(4)38-47-26(32)5)15-16-30(29)46-24(3)12-10-11-17-45-31(22)20-39(6)33(42)27-13-8-7-9-14-27/h15-16,18,22-24,27,31,41H,7-14,17,19-21H2,1-6H3,(H2,36,37,44)/t22-,23-,24+,31-/m1/s1. The van der Waals surface area contributed by atoms with Crippen molar-refractivity contribution in [1.82, 2.24) is 15.0 Å². The molecule has 4 amide bonds. The molecule has 4 atom stereocenters. The number of aryl methyl sites for hydroxylation is 2. The van der Waals surface area contributed by atoms with Crippen LogP contribution in [0.4, 0.5) is 16.2 Å². The highest BCUT2D eigenvalue weighted by Gasteiger charge is 2.32. The summed E-state index contributed by atoms with van der Waals surface area (Å²) in [5, 5.41) is 19.7. The van der Waals surface area contributed by atoms with Gasteiger partial charge in [-0.05, 0) is 78.0 Å². The summed E-state index contributed by atoms with van der Waals surface area (Å²) >= 11 is 0. The van der Waals surface area contributed by atoms with Crippen molar-refractivity contribution in [3.8, 4) is 5.75 Å². The third-order valence-corrected chi connectivity index (χ3v) is 9.37. The van der Waals surface area contributed by atoms with Gasteiger partial charge in [0.05, 0.1) is 30.4 Å². The molecule has 1 saturated carbocycles. The van der Waals surface area contributed by atoms with E-state index in [1.807, 2.05) is 20.9 Å². The SMILES string of the molecule is Cc1noc(C)c1NC(=O)Nc1ccc2c(c1)C(=O)N([C@H](C)CO)C[C@@H](C)[C@@H](CN(C)C(=O)C1CCCCC1)OCCCC[C@H](C)O2. The number of rotatable bonds is 7. The van der Waals surface area contributed by atoms with Crippen molar-refractivity contribution in [2.24, 2.45) is 11.8 Å². The van der Waals surface area contributed by atoms with E-state index in [1.165, 1.54) is 6.42 Å². The Balaban J connectivity index is 1.59. The van der Waals surface area contributed by atoms with Crippen molar-refractivity contribution in [3.63, 3.8) is 0 Å². The highest BCUT2D eigenvalue weighted by molar-refractivity contribution is 6.03. The molecule has 2 aliphatic rings. The van der Waals surface area contributed by atoms with Crippen molar-refractivity contribution in [3.05, 3.63) is 35.2 Å². The number of aliphatic hydroxyl groups excluding tert-OH is 1. The van der Waals surface area contributed by atoms with Crippen LogP contribution in [0, 0.1) is 25.7 Å². The fourth-order valence-corrected chi connectivity index (χ4v) is 6.42. The summed E-state index contributed by atoms with van der Waals surface area (Å²) in [6, 6.07) is 3.98. The Morgan fingerprint density at radius 2 is 1.81 bits per heavy atom. The maximum atomic E-state index is 14.4. The van der Waals surface area contributed by atoms with Crippen molar-refractivity contribution >= 4 is 29.2 Å². The van der Waals surface area contributed by atoms with Gasteiger partial charge in [-0.3, -0.25) is 9.59 Å². The Bertz CT molecular complexity index is 1340. The number of anilines is 2. The second-order valence-corrected chi connectivity index (χ2v) is 13.3. The van der Waals surface area contributed by atoms with Crippen LogP contribution in [-0.2, 0) is 9.53 Å². The predicted octanol–water partition coefficient (Wildman–Crippen LogP) is 5.77. The van der Waals surface area contributed by atoms with Crippen molar-refractivity contribution in [1.29, 1.82) is 0 Å². The van der Waals surface area contributed by atoms with Crippen molar-refractivity contribution < 1.29 is 33.5 Å². The molecule has 0 saturated heterocycles. The van der Waals surface area contributed by atoms with Gasteiger partial charge in [-0.15, -0.1) is 0 Å². The fourth-order valence-electron chi connectivity index (χ4n) is 6.42. The smallest absolute Gasteiger partial charge is 0.323 e. The maximum Gasteiger partial charge on any atom is 0.323 e. The Morgan fingerprint density at radius 3 is 2.49 bits per heavy atom. The van der Waals surface area contributed by atoms with E-state index in [1.54, 1.807) is 48.8 Å². The number of ether oxygens (including phenoxy) is 2. The van der Waals surface area contributed by atoms with E-state index in [9.17, 15) is 19.5 Å². The number of amides is 4. The Labute approximate surface area is 278 Å². The van der Waals surface area contributed by atoms with Crippen LogP contribution in [0.1, 0.15) is 93.9 Å². The van der Waals surface area contributed by atoms with E-state index in [2.05, 4.69) is 15.8 Å². The summed E-state index contributed by atoms with van der Waals surface area (Å²) in [6.07, 6.45) is 7.20. The summed E-state index contributed by atoms with van der Waals surface area (Å²) < 4.78 is 17.9. The fraction of sp³-hybridized carbons (Fsp3) is 0.657. The Hall–Kier alpha value is -3.64. The van der Waals surface area contributed by atoms with Crippen LogP contribution in [0.25, 0.3) is 0 Å². The first kappa shape index (κ1) is 36.2. The van der Waals surface area contributed by atoms with Gasteiger partial charge in [0, 0.05) is 44.3 Å². The number of carbonyl (C=O) groups is 3. The zero-order valence-electron chi connectivity index (χ0n) is 28.8. The zero-order chi connectivity index (χ0) is 34.1. The second-order valence-electron chi connectivity index (χ2n) is 13.3. The molecular weight excluding hydrogens is 602 g/mol. The number of carbonyl (C=O) groups excluding carboxylic acids is 3. The normalized spacial score (nSPS) is 22.4. The highest BCUT2D eigenvalue weighted by atomic mass is 16.5. The van der Waals surface area contributed by atoms with E-state index in [0.29, 0.717) is 41.7 Å². The van der Waals surface area contributed by atoms with Gasteiger partial charge < -0.3 is 39.5 Å². The van der Waals surface area contributed by atoms with Crippen LogP contribution in [-0.4, -0.2) is 89.5 Å². The molecule has 3 N–H and O–H groups in total. The predicted molar refractivity (Wildman–Crippen MR) is 180 cm³/mol. The minimum atomic E-state index is -0.511. The van der Waals surface area contributed by atoms with E-state index in [0.717, 1.165) is 44.9 Å². The molecule has 0 radical (unpaired) electrons. The highest BCUT2D eigenvalue weighted by Crippen LogP contribution is 2.30. The van der Waals surface area contributed by atoms with Gasteiger partial charge in [0.1, 0.15) is 17.1 Å². The number of likely N-dealkylation sites (N-methyl/N-ethyl adjacent to an activating group) is 1. The molecule has 2 heterocycles. The zero-order valence-corrected chi connectivity index (χ0v) is 28.8. The van der Waals surface area contributed by atoms with Gasteiger partial charge in [0.2, 0.25) is 5.91 Å². The molecule has 2 aromatic rings. The lowest BCUT2D eigenvalue weighted by Crippen LogP contribution is -2.48. The summed E-state index contributed by atoms with van der Waals surface area (Å²) in [4.78, 5) is 44.0. The number of hydrogen-bond donors (Lipinski definition) is 3. The molecule has 1 aliphatic heterocycles. The maximum absolute atomic E-state index is 14.4. The molecule has 0 bridgehead atoms. The van der Waals surface area contributed by atoms with E-state index in [4.69, 9.17) is 14.0 Å². The number of urea groups is 1. The third kappa shape index (κ3) is 9.70. The molecular formula is C35H53N5O7. The summed E-state index contributed by atoms with van der Waals surface area (Å²) in [5.74, 6) is 0.622. The van der Waals surface area contributed by atoms with Crippen LogP contribution in [0.5, 0.6) is 5.75 Å². The van der Waals surface area contributed by atoms with Gasteiger partial charge in [0.25, 0.3) is 5.91 Å². The topological polar surface area (TPSA) is 146 Å². The molecule has 1 aromatic carbocycles. The van der Waals surface area contributed by atoms with Gasteiger partial charge in [-0.1, -0.05) is 31.3 Å². The van der Waals surface area contributed by atoms with Crippen molar-refractivity contribution in [2.45, 2.75) is 104 Å². The van der Waals surface area contributed by atoms with Gasteiger partial charge in [0.15, 0.2) is 5.76 Å². The minimum absolute atomic E-state index is 0.0577. The number of aromatic nitrogens is 1. The van der Waals surface area contributed by atoms with Crippen LogP contribution in [0.2, 0.25) is 0 Å². The molecule has 1 aliphatic carbocycles. The molecule has 1 fully saturated rings. The first-order valence-corrected chi connectivity index (χ1v) is 17.1. The van der Waals surface area contributed by atoms with Crippen molar-refractivity contribution in [2.75, 3.05) is 44.0 Å². The second kappa shape index (κ2) is 17.0. The first-order valence-electron chi connectivity index (χ1n) is 17.1. The Kier molecular flexibility index (Phi) is 13.1. The van der Waals surface area contributed by atoms with Crippen LogP contribution < -0.4 is 15.4 Å². The number of benzene rings is 1. The number of hydrogen-bond acceptors (Lipinski definition) is 8. The summed E-state index contributed by atoms with van der Waals surface area (Å²) in [6.45, 7) is 10.2. The minimum Gasteiger partial charge on any atom is -0.490 e. The number of fused-ring (bicyclic) bond motifs is 1. The van der Waals surface area contributed by atoms with Crippen LogP contribution >= 0.6 is 0 Å². The molecule has 1 aromatic heterocycles. The number of nitrogens with zero attached hydrogens (tertiary/aromatic N) is 3. The molecule has 12 heteroatoms. The van der Waals surface area contributed by atoms with E-state index >= 15 is 0 Å². The van der Waals surface area contributed by atoms with Crippen LogP contribution in [0.3, 0.4) is 0 Å². The molecule has 4 rings (SSSR count). The number of nitrogens with one attached hydrogen (secondary N) is 2. The largest absolute Gasteiger partial charge is 0.490 e. The number of aliphatic hydroxyl groups is 1. The lowest BCUT2D eigenvalue weighted by Gasteiger charge is -2.36. The Morgan fingerprint density at radius 1 is 1.09 bits per heavy atom. The summed E-state index contributed by atoms with van der Waals surface area (Å²) in [5.41, 5.74) is 1.70.